The van der Waals surface area contributed by atoms with Gasteiger partial charge in [-0.2, -0.15) is 0 Å². The molecule has 1 amide bonds. The molecule has 0 aromatic heterocycles. The molecular weight excluding hydrogens is 206 g/mol. The highest BCUT2D eigenvalue weighted by molar-refractivity contribution is 5.80. The maximum atomic E-state index is 11.7. The number of allylic oxidation sites excluding steroid dienone is 2. The van der Waals surface area contributed by atoms with Crippen LogP contribution in [0.1, 0.15) is 33.1 Å². The molecule has 4 heteroatoms. The Hall–Kier alpha value is -1.32. The molecule has 0 aromatic rings. The molecular formula is C12H19NO3. The van der Waals surface area contributed by atoms with Crippen molar-refractivity contribution in [2.75, 3.05) is 6.54 Å². The van der Waals surface area contributed by atoms with Gasteiger partial charge in [0.2, 0.25) is 5.91 Å². The van der Waals surface area contributed by atoms with Crippen molar-refractivity contribution in [3.8, 4) is 0 Å². The minimum atomic E-state index is -0.903. The first-order valence-corrected chi connectivity index (χ1v) is 5.59. The summed E-state index contributed by atoms with van der Waals surface area (Å²) in [5.41, 5.74) is -0.903. The fraction of sp³-hybridized carbons (Fsp3) is 0.667. The zero-order valence-corrected chi connectivity index (χ0v) is 9.82. The van der Waals surface area contributed by atoms with E-state index < -0.39 is 11.4 Å². The summed E-state index contributed by atoms with van der Waals surface area (Å²) in [7, 11) is 0. The largest absolute Gasteiger partial charge is 0.481 e. The lowest BCUT2D eigenvalue weighted by Gasteiger charge is -2.22. The average Bonchev–Trinajstić information content (AvgIpc) is 2.27. The number of hydrogen-bond acceptors (Lipinski definition) is 2. The van der Waals surface area contributed by atoms with E-state index in [0.717, 1.165) is 19.3 Å². The first-order chi connectivity index (χ1) is 7.43. The third-order valence-electron chi connectivity index (χ3n) is 2.92. The number of hydrogen-bond donors (Lipinski definition) is 2. The molecule has 1 rings (SSSR count). The van der Waals surface area contributed by atoms with Gasteiger partial charge in [0.15, 0.2) is 0 Å². The van der Waals surface area contributed by atoms with Crippen LogP contribution < -0.4 is 5.32 Å². The summed E-state index contributed by atoms with van der Waals surface area (Å²) in [5, 5.41) is 11.6. The van der Waals surface area contributed by atoms with Crippen molar-refractivity contribution in [1.82, 2.24) is 5.32 Å². The van der Waals surface area contributed by atoms with E-state index in [2.05, 4.69) is 11.4 Å². The van der Waals surface area contributed by atoms with Gasteiger partial charge in [-0.25, -0.2) is 0 Å². The lowest BCUT2D eigenvalue weighted by molar-refractivity contribution is -0.146. The quantitative estimate of drug-likeness (QED) is 0.714. The first kappa shape index (κ1) is 12.7. The van der Waals surface area contributed by atoms with Gasteiger partial charge >= 0.3 is 5.97 Å². The van der Waals surface area contributed by atoms with E-state index in [1.807, 2.05) is 6.08 Å². The molecule has 0 aliphatic heterocycles. The molecule has 4 nitrogen and oxygen atoms in total. The van der Waals surface area contributed by atoms with Crippen LogP contribution in [0.4, 0.5) is 0 Å². The molecule has 2 N–H and O–H groups in total. The van der Waals surface area contributed by atoms with Crippen LogP contribution >= 0.6 is 0 Å². The number of nitrogens with one attached hydrogen (secondary N) is 1. The number of carboxylic acid groups (broad SMARTS) is 1. The molecule has 0 saturated carbocycles. The summed E-state index contributed by atoms with van der Waals surface area (Å²) < 4.78 is 0. The Morgan fingerprint density at radius 2 is 2.12 bits per heavy atom. The Bertz CT molecular complexity index is 307. The SMILES string of the molecule is CC(C)(CNC(=O)C1CC=CCC1)C(=O)O. The van der Waals surface area contributed by atoms with Crippen molar-refractivity contribution in [1.29, 1.82) is 0 Å². The highest BCUT2D eigenvalue weighted by Crippen LogP contribution is 2.19. The van der Waals surface area contributed by atoms with Gasteiger partial charge in [-0.15, -0.1) is 0 Å². The molecule has 90 valence electrons. The normalized spacial score (nSPS) is 20.5. The summed E-state index contributed by atoms with van der Waals surface area (Å²) in [6.45, 7) is 3.40. The number of carbonyl (C=O) groups excluding carboxylic acids is 1. The van der Waals surface area contributed by atoms with Crippen LogP contribution in [0, 0.1) is 11.3 Å². The second-order valence-corrected chi connectivity index (χ2v) is 4.89. The molecule has 1 atom stereocenters. The molecule has 0 radical (unpaired) electrons. The summed E-state index contributed by atoms with van der Waals surface area (Å²) in [4.78, 5) is 22.6. The van der Waals surface area contributed by atoms with E-state index in [4.69, 9.17) is 5.11 Å². The summed E-state index contributed by atoms with van der Waals surface area (Å²) >= 11 is 0. The van der Waals surface area contributed by atoms with Crippen LogP contribution in [0.2, 0.25) is 0 Å². The molecule has 0 saturated heterocycles. The van der Waals surface area contributed by atoms with Crippen LogP contribution in [0.15, 0.2) is 12.2 Å². The van der Waals surface area contributed by atoms with E-state index in [9.17, 15) is 9.59 Å². The summed E-state index contributed by atoms with van der Waals surface area (Å²) in [5.74, 6) is -0.912. The molecule has 0 bridgehead atoms. The number of aliphatic carboxylic acids is 1. The van der Waals surface area contributed by atoms with Gasteiger partial charge in [-0.3, -0.25) is 9.59 Å². The predicted molar refractivity (Wildman–Crippen MR) is 60.9 cm³/mol. The molecule has 0 fully saturated rings. The highest BCUT2D eigenvalue weighted by atomic mass is 16.4. The maximum Gasteiger partial charge on any atom is 0.310 e. The Balaban J connectivity index is 2.40. The number of carbonyl (C=O) groups is 2. The topological polar surface area (TPSA) is 66.4 Å². The second kappa shape index (κ2) is 5.14. The molecule has 0 aromatic carbocycles. The molecule has 1 aliphatic carbocycles. The van der Waals surface area contributed by atoms with Crippen molar-refractivity contribution in [3.05, 3.63) is 12.2 Å². The van der Waals surface area contributed by atoms with Crippen molar-refractivity contribution in [3.63, 3.8) is 0 Å². The Morgan fingerprint density at radius 1 is 1.44 bits per heavy atom. The third-order valence-corrected chi connectivity index (χ3v) is 2.92. The number of carboxylic acids is 1. The van der Waals surface area contributed by atoms with Gasteiger partial charge in [-0.1, -0.05) is 12.2 Å². The molecule has 1 aliphatic rings. The molecule has 0 heterocycles. The van der Waals surface area contributed by atoms with Crippen molar-refractivity contribution >= 4 is 11.9 Å². The standard InChI is InChI=1S/C12H19NO3/c1-12(2,11(15)16)8-13-10(14)9-6-4-3-5-7-9/h3-4,9H,5-8H2,1-2H3,(H,13,14)(H,15,16). The van der Waals surface area contributed by atoms with Crippen LogP contribution in [-0.4, -0.2) is 23.5 Å². The van der Waals surface area contributed by atoms with Gasteiger partial charge in [-0.05, 0) is 33.1 Å². The van der Waals surface area contributed by atoms with Crippen LogP contribution in [0.3, 0.4) is 0 Å². The fourth-order valence-corrected chi connectivity index (χ4v) is 1.56. The van der Waals surface area contributed by atoms with Gasteiger partial charge in [0.1, 0.15) is 0 Å². The third kappa shape index (κ3) is 3.36. The number of rotatable bonds is 4. The van der Waals surface area contributed by atoms with E-state index in [0.29, 0.717) is 0 Å². The zero-order chi connectivity index (χ0) is 12.2. The first-order valence-electron chi connectivity index (χ1n) is 5.59. The summed E-state index contributed by atoms with van der Waals surface area (Å²) in [6, 6.07) is 0. The van der Waals surface area contributed by atoms with E-state index in [1.54, 1.807) is 13.8 Å². The van der Waals surface area contributed by atoms with Crippen molar-refractivity contribution < 1.29 is 14.7 Å². The Labute approximate surface area is 95.7 Å². The Morgan fingerprint density at radius 3 is 2.62 bits per heavy atom. The minimum absolute atomic E-state index is 0.00888. The minimum Gasteiger partial charge on any atom is -0.481 e. The van der Waals surface area contributed by atoms with Gasteiger partial charge < -0.3 is 10.4 Å². The van der Waals surface area contributed by atoms with E-state index >= 15 is 0 Å². The monoisotopic (exact) mass is 225 g/mol. The smallest absolute Gasteiger partial charge is 0.310 e. The molecule has 16 heavy (non-hydrogen) atoms. The maximum absolute atomic E-state index is 11.7. The Kier molecular flexibility index (Phi) is 4.10. The molecule has 1 unspecified atom stereocenters. The van der Waals surface area contributed by atoms with Gasteiger partial charge in [0, 0.05) is 12.5 Å². The van der Waals surface area contributed by atoms with E-state index in [-0.39, 0.29) is 18.4 Å². The van der Waals surface area contributed by atoms with Crippen molar-refractivity contribution in [2.24, 2.45) is 11.3 Å². The van der Waals surface area contributed by atoms with Crippen LogP contribution in [0.25, 0.3) is 0 Å². The zero-order valence-electron chi connectivity index (χ0n) is 9.82. The lowest BCUT2D eigenvalue weighted by Crippen LogP contribution is -2.41. The fourth-order valence-electron chi connectivity index (χ4n) is 1.56. The van der Waals surface area contributed by atoms with Gasteiger partial charge in [0.25, 0.3) is 0 Å². The molecule has 0 spiro atoms. The van der Waals surface area contributed by atoms with Gasteiger partial charge in [0.05, 0.1) is 5.41 Å². The van der Waals surface area contributed by atoms with Crippen LogP contribution in [-0.2, 0) is 9.59 Å². The lowest BCUT2D eigenvalue weighted by atomic mass is 9.91. The predicted octanol–water partition coefficient (Wildman–Crippen LogP) is 1.57. The van der Waals surface area contributed by atoms with Crippen LogP contribution in [0.5, 0.6) is 0 Å². The van der Waals surface area contributed by atoms with Crippen molar-refractivity contribution in [2.45, 2.75) is 33.1 Å². The average molecular weight is 225 g/mol. The second-order valence-electron chi connectivity index (χ2n) is 4.89. The van der Waals surface area contributed by atoms with E-state index in [1.165, 1.54) is 0 Å². The number of amides is 1. The summed E-state index contributed by atoms with van der Waals surface area (Å²) in [6.07, 6.45) is 6.64. The highest BCUT2D eigenvalue weighted by Gasteiger charge is 2.28.